The first kappa shape index (κ1) is 13.3. The molecule has 2 rings (SSSR count). The number of nitrogens with one attached hydrogen (secondary N) is 1. The van der Waals surface area contributed by atoms with Gasteiger partial charge in [0.1, 0.15) is 0 Å². The van der Waals surface area contributed by atoms with Crippen LogP contribution in [-0.2, 0) is 9.84 Å². The van der Waals surface area contributed by atoms with Gasteiger partial charge in [0.15, 0.2) is 9.84 Å². The molecule has 0 bridgehead atoms. The van der Waals surface area contributed by atoms with E-state index in [9.17, 15) is 13.2 Å². The van der Waals surface area contributed by atoms with Crippen molar-refractivity contribution in [3.63, 3.8) is 0 Å². The van der Waals surface area contributed by atoms with Crippen molar-refractivity contribution in [1.82, 2.24) is 5.32 Å². The van der Waals surface area contributed by atoms with Crippen molar-refractivity contribution < 1.29 is 13.2 Å². The Morgan fingerprint density at radius 2 is 2.24 bits per heavy atom. The van der Waals surface area contributed by atoms with Crippen LogP contribution in [0.25, 0.3) is 0 Å². The van der Waals surface area contributed by atoms with Crippen LogP contribution in [0.1, 0.15) is 10.4 Å². The minimum Gasteiger partial charge on any atom is -0.347 e. The molecule has 0 radical (unpaired) electrons. The van der Waals surface area contributed by atoms with Gasteiger partial charge in [-0.2, -0.15) is 0 Å². The number of hydrogen-bond donors (Lipinski definition) is 1. The first-order valence-electron chi connectivity index (χ1n) is 4.77. The lowest BCUT2D eigenvalue weighted by molar-refractivity contribution is 0.0942. The van der Waals surface area contributed by atoms with Gasteiger partial charge in [-0.15, -0.1) is 22.9 Å². The second-order valence-electron chi connectivity index (χ2n) is 3.81. The van der Waals surface area contributed by atoms with Crippen LogP contribution < -0.4 is 5.32 Å². The van der Waals surface area contributed by atoms with Crippen LogP contribution in [0, 0.1) is 0 Å². The van der Waals surface area contributed by atoms with Gasteiger partial charge >= 0.3 is 0 Å². The molecule has 1 aliphatic rings. The highest BCUT2D eigenvalue weighted by molar-refractivity contribution is 9.11. The summed E-state index contributed by atoms with van der Waals surface area (Å²) in [5.74, 6) is -0.454. The zero-order valence-corrected chi connectivity index (χ0v) is 12.5. The number of rotatable bonds is 2. The molecule has 2 heterocycles. The maximum absolute atomic E-state index is 11.8. The molecular formula is C9H9BrClNO3S2. The van der Waals surface area contributed by atoms with Gasteiger partial charge in [0.25, 0.3) is 5.91 Å². The fourth-order valence-electron chi connectivity index (χ4n) is 1.62. The summed E-state index contributed by atoms with van der Waals surface area (Å²) in [5.41, 5.74) is 0.509. The second kappa shape index (κ2) is 4.87. The monoisotopic (exact) mass is 357 g/mol. The van der Waals surface area contributed by atoms with Crippen molar-refractivity contribution >= 4 is 54.6 Å². The van der Waals surface area contributed by atoms with Crippen LogP contribution in [0.2, 0.25) is 0 Å². The lowest BCUT2D eigenvalue weighted by Crippen LogP contribution is -2.40. The molecule has 94 valence electrons. The minimum atomic E-state index is -3.12. The van der Waals surface area contributed by atoms with Gasteiger partial charge in [-0.1, -0.05) is 0 Å². The summed E-state index contributed by atoms with van der Waals surface area (Å²) in [5, 5.41) is 3.80. The van der Waals surface area contributed by atoms with Gasteiger partial charge in [-0.05, 0) is 22.0 Å². The van der Waals surface area contributed by atoms with E-state index in [1.165, 1.54) is 11.3 Å². The normalized spacial score (nSPS) is 26.9. The Morgan fingerprint density at radius 3 is 2.71 bits per heavy atom. The SMILES string of the molecule is O=C(NC1CS(=O)(=O)CC1Cl)c1csc(Br)c1. The van der Waals surface area contributed by atoms with Crippen molar-refractivity contribution in [2.24, 2.45) is 0 Å². The van der Waals surface area contributed by atoms with Crippen molar-refractivity contribution in [3.8, 4) is 0 Å². The van der Waals surface area contributed by atoms with E-state index in [-0.39, 0.29) is 17.4 Å². The predicted molar refractivity (Wildman–Crippen MR) is 71.6 cm³/mol. The van der Waals surface area contributed by atoms with Gasteiger partial charge in [0, 0.05) is 5.38 Å². The third kappa shape index (κ3) is 3.21. The smallest absolute Gasteiger partial charge is 0.252 e. The molecular weight excluding hydrogens is 350 g/mol. The highest BCUT2D eigenvalue weighted by Crippen LogP contribution is 2.22. The molecule has 2 unspecified atom stereocenters. The molecule has 1 saturated heterocycles. The van der Waals surface area contributed by atoms with Crippen molar-refractivity contribution in [1.29, 1.82) is 0 Å². The van der Waals surface area contributed by atoms with Crippen molar-refractivity contribution in [2.45, 2.75) is 11.4 Å². The Kier molecular flexibility index (Phi) is 3.82. The van der Waals surface area contributed by atoms with E-state index in [4.69, 9.17) is 11.6 Å². The van der Waals surface area contributed by atoms with Crippen molar-refractivity contribution in [2.75, 3.05) is 11.5 Å². The summed E-state index contributed by atoms with van der Waals surface area (Å²) in [6.07, 6.45) is 0. The van der Waals surface area contributed by atoms with Crippen molar-refractivity contribution in [3.05, 3.63) is 20.8 Å². The molecule has 2 atom stereocenters. The standard InChI is InChI=1S/C9H9BrClNO3S2/c10-8-1-5(2-16-8)9(13)12-7-4-17(14,15)3-6(7)11/h1-2,6-7H,3-4H2,(H,12,13). The number of amides is 1. The van der Waals surface area contributed by atoms with Crippen LogP contribution in [0.5, 0.6) is 0 Å². The third-order valence-corrected chi connectivity index (χ3v) is 6.31. The molecule has 1 aromatic heterocycles. The number of thiophene rings is 1. The molecule has 1 aromatic rings. The number of hydrogen-bond acceptors (Lipinski definition) is 4. The van der Waals surface area contributed by atoms with Crippen LogP contribution in [0.3, 0.4) is 0 Å². The fraction of sp³-hybridized carbons (Fsp3) is 0.444. The summed E-state index contributed by atoms with van der Waals surface area (Å²) < 4.78 is 23.5. The van der Waals surface area contributed by atoms with Crippen LogP contribution in [-0.4, -0.2) is 37.2 Å². The number of halogens is 2. The molecule has 1 amide bonds. The predicted octanol–water partition coefficient (Wildman–Crippen LogP) is 1.64. The Balaban J connectivity index is 2.05. The van der Waals surface area contributed by atoms with Gasteiger partial charge in [0.2, 0.25) is 0 Å². The molecule has 0 aromatic carbocycles. The maximum Gasteiger partial charge on any atom is 0.252 e. The van der Waals surface area contributed by atoms with Crippen LogP contribution in [0.15, 0.2) is 15.2 Å². The summed E-state index contributed by atoms with van der Waals surface area (Å²) in [6.45, 7) is 0. The van der Waals surface area contributed by atoms with E-state index in [1.807, 2.05) is 0 Å². The van der Waals surface area contributed by atoms with Crippen LogP contribution >= 0.6 is 38.9 Å². The number of carbonyl (C=O) groups excluding carboxylic acids is 1. The lowest BCUT2D eigenvalue weighted by atomic mass is 10.2. The summed E-state index contributed by atoms with van der Waals surface area (Å²) >= 11 is 10.6. The Morgan fingerprint density at radius 1 is 1.53 bits per heavy atom. The summed E-state index contributed by atoms with van der Waals surface area (Å²) in [6, 6.07) is 1.18. The van der Waals surface area contributed by atoms with E-state index >= 15 is 0 Å². The van der Waals surface area contributed by atoms with Gasteiger partial charge < -0.3 is 5.32 Å². The highest BCUT2D eigenvalue weighted by Gasteiger charge is 2.37. The van der Waals surface area contributed by atoms with E-state index in [0.29, 0.717) is 5.56 Å². The Bertz CT molecular complexity index is 542. The van der Waals surface area contributed by atoms with E-state index in [1.54, 1.807) is 11.4 Å². The molecule has 1 aliphatic heterocycles. The topological polar surface area (TPSA) is 63.2 Å². The quantitative estimate of drug-likeness (QED) is 0.818. The average molecular weight is 359 g/mol. The second-order valence-corrected chi connectivity index (χ2v) is 8.82. The molecule has 1 N–H and O–H groups in total. The number of sulfone groups is 1. The summed E-state index contributed by atoms with van der Waals surface area (Å²) in [4.78, 5) is 11.8. The average Bonchev–Trinajstić information content (AvgIpc) is 2.71. The molecule has 0 saturated carbocycles. The van der Waals surface area contributed by atoms with Gasteiger partial charge in [-0.25, -0.2) is 8.42 Å². The lowest BCUT2D eigenvalue weighted by Gasteiger charge is -2.13. The minimum absolute atomic E-state index is 0.0766. The molecule has 0 spiro atoms. The number of alkyl halides is 1. The van der Waals surface area contributed by atoms with E-state index in [2.05, 4.69) is 21.2 Å². The van der Waals surface area contributed by atoms with Gasteiger partial charge in [-0.3, -0.25) is 4.79 Å². The maximum atomic E-state index is 11.8. The largest absolute Gasteiger partial charge is 0.347 e. The molecule has 4 nitrogen and oxygen atoms in total. The zero-order valence-electron chi connectivity index (χ0n) is 8.52. The first-order chi connectivity index (χ1) is 7.87. The highest BCUT2D eigenvalue weighted by atomic mass is 79.9. The third-order valence-electron chi connectivity index (χ3n) is 2.43. The molecule has 1 fully saturated rings. The molecule has 0 aliphatic carbocycles. The van der Waals surface area contributed by atoms with E-state index in [0.717, 1.165) is 3.79 Å². The van der Waals surface area contributed by atoms with Crippen LogP contribution in [0.4, 0.5) is 0 Å². The molecule has 8 heteroatoms. The fourth-order valence-corrected chi connectivity index (χ4v) is 5.30. The number of carbonyl (C=O) groups is 1. The molecule has 17 heavy (non-hydrogen) atoms. The first-order valence-corrected chi connectivity index (χ1v) is 8.70. The Hall–Kier alpha value is -0.110. The van der Waals surface area contributed by atoms with E-state index < -0.39 is 21.3 Å². The summed E-state index contributed by atoms with van der Waals surface area (Å²) in [7, 11) is -3.12. The van der Waals surface area contributed by atoms with Gasteiger partial charge in [0.05, 0.1) is 32.3 Å². The Labute approximate surface area is 116 Å². The zero-order chi connectivity index (χ0) is 12.6.